The van der Waals surface area contributed by atoms with Crippen molar-refractivity contribution in [3.05, 3.63) is 43.0 Å². The fourth-order valence-corrected chi connectivity index (χ4v) is 2.43. The van der Waals surface area contributed by atoms with Gasteiger partial charge in [-0.1, -0.05) is 5.11 Å². The highest BCUT2D eigenvalue weighted by atomic mass is 31.1. The first-order chi connectivity index (χ1) is 10.4. The molecule has 0 spiro atoms. The van der Waals surface area contributed by atoms with E-state index in [9.17, 15) is 19.0 Å². The van der Waals surface area contributed by atoms with Crippen molar-refractivity contribution in [1.29, 1.82) is 0 Å². The zero-order valence-corrected chi connectivity index (χ0v) is 12.3. The van der Waals surface area contributed by atoms with Crippen molar-refractivity contribution in [2.45, 2.75) is 31.7 Å². The maximum Gasteiger partial charge on any atom is 0.488 e. The molecule has 0 amide bonds. The second-order valence-corrected chi connectivity index (χ2v) is 5.34. The van der Waals surface area contributed by atoms with Gasteiger partial charge >= 0.3 is 13.9 Å². The monoisotopic (exact) mass is 329 g/mol. The van der Waals surface area contributed by atoms with Crippen LogP contribution in [0.5, 0.6) is 0 Å². The lowest BCUT2D eigenvalue weighted by atomic mass is 10.1. The first-order valence-electron chi connectivity index (χ1n) is 6.21. The van der Waals surface area contributed by atoms with Gasteiger partial charge in [0.05, 0.1) is 12.1 Å². The lowest BCUT2D eigenvalue weighted by Crippen LogP contribution is -2.33. The Morgan fingerprint density at radius 1 is 1.68 bits per heavy atom. The van der Waals surface area contributed by atoms with Crippen molar-refractivity contribution in [3.63, 3.8) is 0 Å². The van der Waals surface area contributed by atoms with Crippen LogP contribution in [0, 0.1) is 6.92 Å². The average Bonchev–Trinajstić information content (AvgIpc) is 2.84. The van der Waals surface area contributed by atoms with E-state index in [2.05, 4.69) is 19.5 Å². The van der Waals surface area contributed by atoms with Gasteiger partial charge in [-0.15, -0.1) is 4.52 Å². The summed E-state index contributed by atoms with van der Waals surface area (Å²) in [6.07, 6.45) is -0.125. The van der Waals surface area contributed by atoms with Gasteiger partial charge in [0.25, 0.3) is 5.56 Å². The highest BCUT2D eigenvalue weighted by molar-refractivity contribution is 7.30. The standard InChI is InChI=1S/C10H12N5O6P/c1-5-3-15(10(17)12-9(5)16)8-2-6(13-14-11)7(21-8)4-20-22(18)19/h3,6-8H,2,4H2,1H3,(H,12,16,17)/t6?,7-,8-/m0/s1. The predicted molar refractivity (Wildman–Crippen MR) is 71.1 cm³/mol. The third-order valence-corrected chi connectivity index (χ3v) is 3.56. The van der Waals surface area contributed by atoms with Gasteiger partial charge in [-0.25, -0.2) is 4.79 Å². The van der Waals surface area contributed by atoms with Gasteiger partial charge in [-0.3, -0.25) is 14.3 Å². The molecule has 0 aliphatic carbocycles. The molecule has 0 radical (unpaired) electrons. The van der Waals surface area contributed by atoms with Crippen molar-refractivity contribution in [2.24, 2.45) is 5.11 Å². The summed E-state index contributed by atoms with van der Waals surface area (Å²) in [5.41, 5.74) is 7.68. The van der Waals surface area contributed by atoms with E-state index < -0.39 is 37.9 Å². The summed E-state index contributed by atoms with van der Waals surface area (Å²) in [5.74, 6) is 0. The molecule has 1 aliphatic rings. The molecule has 2 heterocycles. The molecule has 11 nitrogen and oxygen atoms in total. The summed E-state index contributed by atoms with van der Waals surface area (Å²) < 4.78 is 21.6. The third-order valence-electron chi connectivity index (χ3n) is 3.20. The molecule has 4 atom stereocenters. The van der Waals surface area contributed by atoms with E-state index in [0.29, 0.717) is 5.56 Å². The molecule has 2 unspecified atom stereocenters. The molecule has 118 valence electrons. The molecule has 0 aromatic carbocycles. The summed E-state index contributed by atoms with van der Waals surface area (Å²) in [5, 5.41) is 3.52. The van der Waals surface area contributed by atoms with E-state index in [1.165, 1.54) is 13.1 Å². The van der Waals surface area contributed by atoms with Crippen LogP contribution in [0.15, 0.2) is 20.9 Å². The maximum absolute atomic E-state index is 11.8. The molecule has 22 heavy (non-hydrogen) atoms. The van der Waals surface area contributed by atoms with Crippen molar-refractivity contribution < 1.29 is 18.7 Å². The topological polar surface area (TPSA) is 162 Å². The number of hydrogen-bond acceptors (Lipinski definition) is 7. The molecular weight excluding hydrogens is 317 g/mol. The first kappa shape index (κ1) is 16.3. The van der Waals surface area contributed by atoms with Crippen LogP contribution in [0.2, 0.25) is 0 Å². The summed E-state index contributed by atoms with van der Waals surface area (Å²) in [4.78, 5) is 38.4. The predicted octanol–water partition coefficient (Wildman–Crippen LogP) is -0.154. The van der Waals surface area contributed by atoms with Crippen molar-refractivity contribution >= 4 is 8.25 Å². The second-order valence-electron chi connectivity index (χ2n) is 4.64. The number of H-pyrrole nitrogens is 1. The molecule has 1 aliphatic heterocycles. The number of aromatic nitrogens is 2. The molecule has 1 N–H and O–H groups in total. The number of aromatic amines is 1. The average molecular weight is 329 g/mol. The van der Waals surface area contributed by atoms with Gasteiger partial charge in [0.2, 0.25) is 0 Å². The Kier molecular flexibility index (Phi) is 5.07. The SMILES string of the molecule is Cc1cn([C@@H]2CC(N=[N+]=[N-])[C@H](CO[P+](=O)[O-])O2)c(=O)[nH]c1=O. The van der Waals surface area contributed by atoms with E-state index >= 15 is 0 Å². The minimum atomic E-state index is -3.06. The molecule has 12 heteroatoms. The maximum atomic E-state index is 11.8. The van der Waals surface area contributed by atoms with E-state index in [-0.39, 0.29) is 13.0 Å². The van der Waals surface area contributed by atoms with Crippen molar-refractivity contribution in [2.75, 3.05) is 6.61 Å². The molecule has 1 aromatic heterocycles. The zero-order chi connectivity index (χ0) is 16.3. The number of nitrogens with zero attached hydrogens (tertiary/aromatic N) is 4. The Labute approximate surface area is 124 Å². The lowest BCUT2D eigenvalue weighted by Gasteiger charge is -2.15. The second kappa shape index (κ2) is 6.82. The highest BCUT2D eigenvalue weighted by Gasteiger charge is 2.37. The van der Waals surface area contributed by atoms with Crippen LogP contribution < -0.4 is 16.1 Å². The fourth-order valence-electron chi connectivity index (χ4n) is 2.16. The fraction of sp³-hybridized carbons (Fsp3) is 0.600. The molecule has 1 fully saturated rings. The Morgan fingerprint density at radius 3 is 3.05 bits per heavy atom. The molecule has 1 aromatic rings. The number of nitrogens with one attached hydrogen (secondary N) is 1. The normalized spacial score (nSPS) is 24.8. The van der Waals surface area contributed by atoms with Gasteiger partial charge in [-0.05, 0) is 17.0 Å². The van der Waals surface area contributed by atoms with Crippen LogP contribution in [0.4, 0.5) is 0 Å². The van der Waals surface area contributed by atoms with E-state index in [1.807, 2.05) is 0 Å². The van der Waals surface area contributed by atoms with Gasteiger partial charge < -0.3 is 9.63 Å². The Morgan fingerprint density at radius 2 is 2.41 bits per heavy atom. The molecular formula is C10H12N5O6P. The smallest absolute Gasteiger partial charge is 0.488 e. The largest absolute Gasteiger partial charge is 0.566 e. The van der Waals surface area contributed by atoms with Gasteiger partial charge in [-0.2, -0.15) is 0 Å². The molecule has 2 rings (SSSR count). The Hall–Kier alpha value is -2.03. The van der Waals surface area contributed by atoms with Gasteiger partial charge in [0, 0.05) is 23.1 Å². The van der Waals surface area contributed by atoms with E-state index in [4.69, 9.17) is 10.3 Å². The minimum Gasteiger partial charge on any atom is -0.566 e. The van der Waals surface area contributed by atoms with Crippen LogP contribution >= 0.6 is 8.25 Å². The summed E-state index contributed by atoms with van der Waals surface area (Å²) >= 11 is 0. The Bertz CT molecular complexity index is 738. The number of hydrogen-bond donors (Lipinski definition) is 1. The Balaban J connectivity index is 2.25. The van der Waals surface area contributed by atoms with Crippen LogP contribution in [0.3, 0.4) is 0 Å². The quantitative estimate of drug-likeness (QED) is 0.341. The van der Waals surface area contributed by atoms with Gasteiger partial charge in [0.15, 0.2) is 0 Å². The van der Waals surface area contributed by atoms with E-state index in [0.717, 1.165) is 4.57 Å². The summed E-state index contributed by atoms with van der Waals surface area (Å²) in [6, 6.07) is -0.691. The highest BCUT2D eigenvalue weighted by Crippen LogP contribution is 2.31. The lowest BCUT2D eigenvalue weighted by molar-refractivity contribution is -0.188. The number of rotatable bonds is 5. The van der Waals surface area contributed by atoms with Crippen LogP contribution in [-0.2, 0) is 13.8 Å². The summed E-state index contributed by atoms with van der Waals surface area (Å²) in [6.45, 7) is 1.20. The number of ether oxygens (including phenoxy) is 1. The number of azide groups is 1. The van der Waals surface area contributed by atoms with Crippen LogP contribution in [-0.4, -0.2) is 28.3 Å². The first-order valence-corrected chi connectivity index (χ1v) is 7.31. The van der Waals surface area contributed by atoms with Gasteiger partial charge in [0.1, 0.15) is 12.8 Å². The van der Waals surface area contributed by atoms with Crippen LogP contribution in [0.25, 0.3) is 10.4 Å². The third kappa shape index (κ3) is 3.59. The molecule has 0 bridgehead atoms. The van der Waals surface area contributed by atoms with E-state index in [1.54, 1.807) is 0 Å². The molecule has 1 saturated heterocycles. The van der Waals surface area contributed by atoms with Crippen molar-refractivity contribution in [3.8, 4) is 0 Å². The zero-order valence-electron chi connectivity index (χ0n) is 11.4. The molecule has 0 saturated carbocycles. The number of aryl methyl sites for hydroxylation is 1. The van der Waals surface area contributed by atoms with Crippen LogP contribution in [0.1, 0.15) is 18.2 Å². The summed E-state index contributed by atoms with van der Waals surface area (Å²) in [7, 11) is -3.06. The minimum absolute atomic E-state index is 0.152. The van der Waals surface area contributed by atoms with Crippen molar-refractivity contribution in [1.82, 2.24) is 9.55 Å².